The molecule has 0 saturated carbocycles. The van der Waals surface area contributed by atoms with Crippen molar-refractivity contribution >= 4 is 17.4 Å². The maximum absolute atomic E-state index is 13.3. The lowest BCUT2D eigenvalue weighted by Gasteiger charge is -2.32. The van der Waals surface area contributed by atoms with Crippen LogP contribution in [0.15, 0.2) is 53.9 Å². The van der Waals surface area contributed by atoms with Gasteiger partial charge in [0.15, 0.2) is 11.7 Å². The Morgan fingerprint density at radius 2 is 2.00 bits per heavy atom. The quantitative estimate of drug-likeness (QED) is 0.594. The number of allylic oxidation sites excluding steroid dienone is 1. The summed E-state index contributed by atoms with van der Waals surface area (Å²) in [6, 6.07) is 9.06. The predicted octanol–water partition coefficient (Wildman–Crippen LogP) is 3.68. The lowest BCUT2D eigenvalue weighted by Crippen LogP contribution is -2.36. The Hall–Kier alpha value is -3.68. The SMILES string of the molecule is CCC(C)c1ncn(C2=NCC(=O)N3CCc4c(cccc4-c4ccc(F)nc4)C3=C2)n1. The molecule has 1 unspecified atom stereocenters. The highest BCUT2D eigenvalue weighted by atomic mass is 19.1. The number of hydrogen-bond donors (Lipinski definition) is 0. The summed E-state index contributed by atoms with van der Waals surface area (Å²) in [5.74, 6) is 1.03. The van der Waals surface area contributed by atoms with Crippen LogP contribution < -0.4 is 0 Å². The molecule has 8 heteroatoms. The Morgan fingerprint density at radius 3 is 2.78 bits per heavy atom. The zero-order valence-electron chi connectivity index (χ0n) is 18.0. The van der Waals surface area contributed by atoms with Gasteiger partial charge in [0.2, 0.25) is 11.9 Å². The van der Waals surface area contributed by atoms with E-state index in [0.717, 1.165) is 40.2 Å². The van der Waals surface area contributed by atoms with Crippen molar-refractivity contribution in [3.05, 3.63) is 71.8 Å². The van der Waals surface area contributed by atoms with Crippen LogP contribution in [0.25, 0.3) is 16.8 Å². The van der Waals surface area contributed by atoms with Gasteiger partial charge in [-0.15, -0.1) is 5.10 Å². The maximum Gasteiger partial charge on any atom is 0.248 e. The normalized spacial score (nSPS) is 16.6. The van der Waals surface area contributed by atoms with E-state index in [1.54, 1.807) is 28.2 Å². The van der Waals surface area contributed by atoms with Gasteiger partial charge in [-0.05, 0) is 36.1 Å². The van der Waals surface area contributed by atoms with Crippen molar-refractivity contribution in [2.45, 2.75) is 32.6 Å². The number of nitrogens with zero attached hydrogens (tertiary/aromatic N) is 6. The molecule has 1 atom stereocenters. The molecule has 2 aliphatic heterocycles. The highest BCUT2D eigenvalue weighted by Gasteiger charge is 2.30. The monoisotopic (exact) mass is 430 g/mol. The molecule has 1 aromatic carbocycles. The molecule has 4 heterocycles. The summed E-state index contributed by atoms with van der Waals surface area (Å²) in [7, 11) is 0. The molecule has 0 bridgehead atoms. The molecule has 2 aromatic heterocycles. The second kappa shape index (κ2) is 8.11. The van der Waals surface area contributed by atoms with Crippen molar-refractivity contribution in [3.8, 4) is 11.1 Å². The number of fused-ring (bicyclic) bond motifs is 3. The summed E-state index contributed by atoms with van der Waals surface area (Å²) >= 11 is 0. The first-order valence-corrected chi connectivity index (χ1v) is 10.8. The number of pyridine rings is 1. The van der Waals surface area contributed by atoms with E-state index < -0.39 is 5.95 Å². The average Bonchev–Trinajstić information content (AvgIpc) is 3.24. The van der Waals surface area contributed by atoms with Crippen molar-refractivity contribution in [2.75, 3.05) is 13.1 Å². The fraction of sp³-hybridized carbons (Fsp3) is 0.292. The fourth-order valence-electron chi connectivity index (χ4n) is 4.14. The number of amides is 1. The van der Waals surface area contributed by atoms with Gasteiger partial charge in [0.1, 0.15) is 12.9 Å². The third kappa shape index (κ3) is 3.51. The minimum atomic E-state index is -0.507. The zero-order valence-corrected chi connectivity index (χ0v) is 18.0. The minimum Gasteiger partial charge on any atom is -0.310 e. The van der Waals surface area contributed by atoms with Gasteiger partial charge in [0, 0.05) is 35.9 Å². The first-order valence-electron chi connectivity index (χ1n) is 10.8. The van der Waals surface area contributed by atoms with E-state index in [9.17, 15) is 9.18 Å². The number of hydrogen-bond acceptors (Lipinski definition) is 5. The van der Waals surface area contributed by atoms with Gasteiger partial charge in [0.25, 0.3) is 0 Å². The van der Waals surface area contributed by atoms with Gasteiger partial charge in [-0.25, -0.2) is 14.6 Å². The number of rotatable bonds is 3. The van der Waals surface area contributed by atoms with Gasteiger partial charge >= 0.3 is 0 Å². The van der Waals surface area contributed by atoms with Crippen LogP contribution in [0.2, 0.25) is 0 Å². The first kappa shape index (κ1) is 20.2. The van der Waals surface area contributed by atoms with Crippen molar-refractivity contribution in [1.29, 1.82) is 0 Å². The van der Waals surface area contributed by atoms with Crippen LogP contribution in [0.3, 0.4) is 0 Å². The third-order valence-corrected chi connectivity index (χ3v) is 6.11. The molecule has 162 valence electrons. The molecule has 1 amide bonds. The lowest BCUT2D eigenvalue weighted by atomic mass is 9.89. The molecule has 0 fully saturated rings. The first-order chi connectivity index (χ1) is 15.5. The highest BCUT2D eigenvalue weighted by Crippen LogP contribution is 2.36. The van der Waals surface area contributed by atoms with Gasteiger partial charge in [-0.3, -0.25) is 9.79 Å². The largest absolute Gasteiger partial charge is 0.310 e. The fourth-order valence-corrected chi connectivity index (χ4v) is 4.14. The zero-order chi connectivity index (χ0) is 22.2. The summed E-state index contributed by atoms with van der Waals surface area (Å²) in [6.07, 6.45) is 6.75. The summed E-state index contributed by atoms with van der Waals surface area (Å²) in [5.41, 5.74) is 4.70. The molecule has 5 rings (SSSR count). The van der Waals surface area contributed by atoms with Crippen LogP contribution in [0.1, 0.15) is 43.1 Å². The van der Waals surface area contributed by atoms with Gasteiger partial charge in [-0.2, -0.15) is 4.39 Å². The summed E-state index contributed by atoms with van der Waals surface area (Å²) < 4.78 is 15.0. The second-order valence-corrected chi connectivity index (χ2v) is 8.06. The molecule has 0 spiro atoms. The predicted molar refractivity (Wildman–Crippen MR) is 119 cm³/mol. The van der Waals surface area contributed by atoms with Gasteiger partial charge < -0.3 is 4.90 Å². The molecule has 0 saturated heterocycles. The van der Waals surface area contributed by atoms with Crippen LogP contribution in [-0.4, -0.2) is 49.5 Å². The molecule has 0 radical (unpaired) electrons. The summed E-state index contributed by atoms with van der Waals surface area (Å²) in [5, 5.41) is 4.59. The van der Waals surface area contributed by atoms with Crippen LogP contribution >= 0.6 is 0 Å². The summed E-state index contributed by atoms with van der Waals surface area (Å²) in [4.78, 5) is 27.4. The van der Waals surface area contributed by atoms with Crippen LogP contribution in [0.5, 0.6) is 0 Å². The molecular weight excluding hydrogens is 407 g/mol. The lowest BCUT2D eigenvalue weighted by molar-refractivity contribution is -0.126. The van der Waals surface area contributed by atoms with E-state index in [2.05, 4.69) is 33.9 Å². The molecular formula is C24H23FN6O. The minimum absolute atomic E-state index is 0.0481. The van der Waals surface area contributed by atoms with Crippen LogP contribution in [0.4, 0.5) is 4.39 Å². The molecule has 32 heavy (non-hydrogen) atoms. The standard InChI is InChI=1S/C24H23FN6O/c1-3-15(2)24-28-14-31(29-24)22-11-20-19-6-4-5-17(16-7-8-21(25)26-12-16)18(19)9-10-30(20)23(32)13-27-22/h4-8,11-12,14-15H,3,9-10,13H2,1-2H3. The number of aliphatic imine (C=N–C) groups is 1. The molecule has 7 nitrogen and oxygen atoms in total. The summed E-state index contributed by atoms with van der Waals surface area (Å²) in [6.45, 7) is 4.80. The average molecular weight is 430 g/mol. The number of halogens is 1. The third-order valence-electron chi connectivity index (χ3n) is 6.11. The Labute approximate surface area is 185 Å². The van der Waals surface area contributed by atoms with Crippen LogP contribution in [-0.2, 0) is 11.2 Å². The van der Waals surface area contributed by atoms with Crippen LogP contribution in [0, 0.1) is 5.95 Å². The number of benzene rings is 1. The topological polar surface area (TPSA) is 76.3 Å². The highest BCUT2D eigenvalue weighted by molar-refractivity contribution is 6.06. The number of carbonyl (C=O) groups is 1. The van der Waals surface area contributed by atoms with Gasteiger partial charge in [-0.1, -0.05) is 32.0 Å². The van der Waals surface area contributed by atoms with E-state index in [0.29, 0.717) is 18.8 Å². The smallest absolute Gasteiger partial charge is 0.248 e. The van der Waals surface area contributed by atoms with E-state index in [1.807, 2.05) is 24.3 Å². The van der Waals surface area contributed by atoms with Crippen molar-refractivity contribution in [2.24, 2.45) is 4.99 Å². The number of carbonyl (C=O) groups excluding carboxylic acids is 1. The van der Waals surface area contributed by atoms with Crippen molar-refractivity contribution in [3.63, 3.8) is 0 Å². The van der Waals surface area contributed by atoms with E-state index in [-0.39, 0.29) is 18.4 Å². The van der Waals surface area contributed by atoms with Gasteiger partial charge in [0.05, 0.1) is 5.70 Å². The Bertz CT molecular complexity index is 1240. The molecule has 0 N–H and O–H groups in total. The maximum atomic E-state index is 13.3. The van der Waals surface area contributed by atoms with Crippen molar-refractivity contribution in [1.82, 2.24) is 24.6 Å². The number of aromatic nitrogens is 4. The van der Waals surface area contributed by atoms with Crippen molar-refractivity contribution < 1.29 is 9.18 Å². The Balaban J connectivity index is 1.60. The molecule has 3 aromatic rings. The molecule has 2 aliphatic rings. The van der Waals surface area contributed by atoms with E-state index >= 15 is 0 Å². The van der Waals surface area contributed by atoms with E-state index in [4.69, 9.17) is 0 Å². The second-order valence-electron chi connectivity index (χ2n) is 8.06. The molecule has 0 aliphatic carbocycles. The Kier molecular flexibility index (Phi) is 5.13. The van der Waals surface area contributed by atoms with E-state index in [1.165, 1.54) is 6.07 Å². The Morgan fingerprint density at radius 1 is 1.16 bits per heavy atom.